The molecule has 4 rings (SSSR count). The Morgan fingerprint density at radius 1 is 1.03 bits per heavy atom. The molecule has 29 heavy (non-hydrogen) atoms. The van der Waals surface area contributed by atoms with Crippen LogP contribution in [0.15, 0.2) is 72.8 Å². The van der Waals surface area contributed by atoms with Gasteiger partial charge >= 0.3 is 0 Å². The molecule has 1 aromatic heterocycles. The number of hydrogen-bond acceptors (Lipinski definition) is 1. The van der Waals surface area contributed by atoms with Crippen LogP contribution in [0.5, 0.6) is 0 Å². The maximum atomic E-state index is 14.3. The fraction of sp³-hybridized carbons (Fsp3) is 0.0800. The molecule has 0 aliphatic heterocycles. The zero-order valence-corrected chi connectivity index (χ0v) is 16.6. The van der Waals surface area contributed by atoms with Gasteiger partial charge in [-0.15, -0.1) is 0 Å². The van der Waals surface area contributed by atoms with Crippen molar-refractivity contribution in [2.45, 2.75) is 13.5 Å². The van der Waals surface area contributed by atoms with Crippen LogP contribution in [0.1, 0.15) is 22.4 Å². The van der Waals surface area contributed by atoms with Crippen LogP contribution in [-0.2, 0) is 6.54 Å². The lowest BCUT2D eigenvalue weighted by molar-refractivity contribution is 0.624. The van der Waals surface area contributed by atoms with Crippen molar-refractivity contribution in [2.75, 3.05) is 0 Å². The molecule has 0 amide bonds. The van der Waals surface area contributed by atoms with Gasteiger partial charge in [0.15, 0.2) is 0 Å². The number of nitriles is 1. The first-order chi connectivity index (χ1) is 14.1. The van der Waals surface area contributed by atoms with E-state index in [1.165, 1.54) is 6.07 Å². The van der Waals surface area contributed by atoms with Gasteiger partial charge in [-0.1, -0.05) is 60.1 Å². The molecule has 0 spiro atoms. The smallest absolute Gasteiger partial charge is 0.131 e. The highest BCUT2D eigenvalue weighted by molar-refractivity contribution is 6.30. The number of rotatable bonds is 4. The van der Waals surface area contributed by atoms with Crippen LogP contribution in [0.4, 0.5) is 4.39 Å². The average Bonchev–Trinajstić information content (AvgIpc) is 3.00. The maximum Gasteiger partial charge on any atom is 0.131 e. The molecule has 0 radical (unpaired) electrons. The number of para-hydroxylation sites is 1. The average molecular weight is 401 g/mol. The van der Waals surface area contributed by atoms with Gasteiger partial charge in [0.1, 0.15) is 5.82 Å². The Hall–Kier alpha value is -3.35. The molecule has 0 bridgehead atoms. The normalized spacial score (nSPS) is 11.6. The molecular weight excluding hydrogens is 383 g/mol. The molecule has 1 heterocycles. The third kappa shape index (κ3) is 3.68. The van der Waals surface area contributed by atoms with E-state index in [1.807, 2.05) is 49.4 Å². The molecule has 0 fully saturated rings. The van der Waals surface area contributed by atoms with Gasteiger partial charge in [-0.3, -0.25) is 0 Å². The first-order valence-electron chi connectivity index (χ1n) is 9.27. The van der Waals surface area contributed by atoms with E-state index < -0.39 is 5.82 Å². The summed E-state index contributed by atoms with van der Waals surface area (Å²) in [5.74, 6) is -0.400. The fourth-order valence-electron chi connectivity index (χ4n) is 3.61. The third-order valence-electron chi connectivity index (χ3n) is 5.11. The van der Waals surface area contributed by atoms with E-state index in [2.05, 4.69) is 16.7 Å². The highest BCUT2D eigenvalue weighted by atomic mass is 35.5. The molecule has 0 N–H and O–H groups in total. The summed E-state index contributed by atoms with van der Waals surface area (Å²) in [4.78, 5) is 0. The molecule has 3 aromatic carbocycles. The van der Waals surface area contributed by atoms with Crippen LogP contribution < -0.4 is 0 Å². The standard InChI is InChI=1S/C25H18ClFN2/c1-17-23(14-19(15-28)21-6-2-4-8-24(21)27)22-7-3-5-9-25(22)29(17)16-18-10-12-20(26)13-11-18/h2-14H,16H2,1H3. The molecule has 4 heteroatoms. The van der Waals surface area contributed by atoms with Crippen molar-refractivity contribution < 1.29 is 4.39 Å². The van der Waals surface area contributed by atoms with Gasteiger partial charge in [0.2, 0.25) is 0 Å². The second-order valence-corrected chi connectivity index (χ2v) is 7.31. The quantitative estimate of drug-likeness (QED) is 0.344. The minimum absolute atomic E-state index is 0.306. The third-order valence-corrected chi connectivity index (χ3v) is 5.36. The fourth-order valence-corrected chi connectivity index (χ4v) is 3.74. The summed E-state index contributed by atoms with van der Waals surface area (Å²) in [6.45, 7) is 2.71. The van der Waals surface area contributed by atoms with E-state index in [0.29, 0.717) is 22.7 Å². The van der Waals surface area contributed by atoms with Crippen LogP contribution >= 0.6 is 11.6 Å². The molecule has 0 atom stereocenters. The Labute approximate surface area is 174 Å². The summed E-state index contributed by atoms with van der Waals surface area (Å²) >= 11 is 6.01. The predicted octanol–water partition coefficient (Wildman–Crippen LogP) is 6.85. The Kier molecular flexibility index (Phi) is 5.20. The van der Waals surface area contributed by atoms with E-state index >= 15 is 0 Å². The van der Waals surface area contributed by atoms with Gasteiger partial charge in [0.25, 0.3) is 0 Å². The van der Waals surface area contributed by atoms with Gasteiger partial charge in [0, 0.05) is 39.3 Å². The zero-order chi connectivity index (χ0) is 20.4. The number of allylic oxidation sites excluding steroid dienone is 1. The zero-order valence-electron chi connectivity index (χ0n) is 15.9. The van der Waals surface area contributed by atoms with Crippen molar-refractivity contribution >= 4 is 34.2 Å². The minimum atomic E-state index is -0.400. The summed E-state index contributed by atoms with van der Waals surface area (Å²) in [6, 6.07) is 24.4. The van der Waals surface area contributed by atoms with Crippen molar-refractivity contribution in [1.82, 2.24) is 4.57 Å². The van der Waals surface area contributed by atoms with Gasteiger partial charge in [0.05, 0.1) is 11.6 Å². The van der Waals surface area contributed by atoms with Gasteiger partial charge in [-0.25, -0.2) is 4.39 Å². The van der Waals surface area contributed by atoms with E-state index in [-0.39, 0.29) is 0 Å². The first kappa shape index (κ1) is 19.0. The molecule has 142 valence electrons. The number of halogens is 2. The Morgan fingerprint density at radius 2 is 1.72 bits per heavy atom. The van der Waals surface area contributed by atoms with E-state index in [9.17, 15) is 9.65 Å². The van der Waals surface area contributed by atoms with Crippen LogP contribution in [0.3, 0.4) is 0 Å². The number of benzene rings is 3. The highest BCUT2D eigenvalue weighted by Crippen LogP contribution is 2.31. The Balaban J connectivity index is 1.87. The number of nitrogens with zero attached hydrogens (tertiary/aromatic N) is 2. The van der Waals surface area contributed by atoms with E-state index in [1.54, 1.807) is 24.3 Å². The molecule has 0 aliphatic carbocycles. The lowest BCUT2D eigenvalue weighted by Crippen LogP contribution is -2.01. The number of hydrogen-bond donors (Lipinski definition) is 0. The molecule has 4 aromatic rings. The lowest BCUT2D eigenvalue weighted by atomic mass is 10.0. The second-order valence-electron chi connectivity index (χ2n) is 6.88. The summed E-state index contributed by atoms with van der Waals surface area (Å²) in [7, 11) is 0. The maximum absolute atomic E-state index is 14.3. The Morgan fingerprint density at radius 3 is 2.45 bits per heavy atom. The van der Waals surface area contributed by atoms with Crippen molar-refractivity contribution in [2.24, 2.45) is 0 Å². The molecule has 0 unspecified atom stereocenters. The van der Waals surface area contributed by atoms with E-state index in [4.69, 9.17) is 11.6 Å². The monoisotopic (exact) mass is 400 g/mol. The number of fused-ring (bicyclic) bond motifs is 1. The minimum Gasteiger partial charge on any atom is -0.340 e. The summed E-state index contributed by atoms with van der Waals surface area (Å²) in [6.07, 6.45) is 1.79. The van der Waals surface area contributed by atoms with Gasteiger partial charge in [-0.2, -0.15) is 5.26 Å². The van der Waals surface area contributed by atoms with Crippen LogP contribution in [0, 0.1) is 24.1 Å². The molecular formula is C25H18ClFN2. The second kappa shape index (κ2) is 7.95. The molecule has 2 nitrogen and oxygen atoms in total. The van der Waals surface area contributed by atoms with E-state index in [0.717, 1.165) is 27.7 Å². The molecule has 0 saturated carbocycles. The van der Waals surface area contributed by atoms with Crippen molar-refractivity contribution in [3.63, 3.8) is 0 Å². The van der Waals surface area contributed by atoms with Gasteiger partial charge in [-0.05, 0) is 42.8 Å². The number of aromatic nitrogens is 1. The molecule has 0 saturated heterocycles. The van der Waals surface area contributed by atoms with Crippen LogP contribution in [0.25, 0.3) is 22.6 Å². The van der Waals surface area contributed by atoms with Crippen LogP contribution in [-0.4, -0.2) is 4.57 Å². The lowest BCUT2D eigenvalue weighted by Gasteiger charge is -2.09. The van der Waals surface area contributed by atoms with Crippen molar-refractivity contribution in [1.29, 1.82) is 5.26 Å². The largest absolute Gasteiger partial charge is 0.340 e. The van der Waals surface area contributed by atoms with Crippen molar-refractivity contribution in [3.05, 3.63) is 106 Å². The highest BCUT2D eigenvalue weighted by Gasteiger charge is 2.15. The topological polar surface area (TPSA) is 28.7 Å². The summed E-state index contributed by atoms with van der Waals surface area (Å²) in [5.41, 5.74) is 4.75. The predicted molar refractivity (Wildman–Crippen MR) is 117 cm³/mol. The van der Waals surface area contributed by atoms with Crippen molar-refractivity contribution in [3.8, 4) is 6.07 Å². The first-order valence-corrected chi connectivity index (χ1v) is 9.65. The summed E-state index contributed by atoms with van der Waals surface area (Å²) < 4.78 is 16.5. The Bertz CT molecular complexity index is 1260. The summed E-state index contributed by atoms with van der Waals surface area (Å²) in [5, 5.41) is 11.4. The SMILES string of the molecule is Cc1c(C=C(C#N)c2ccccc2F)c2ccccc2n1Cc1ccc(Cl)cc1. The van der Waals surface area contributed by atoms with Crippen LogP contribution in [0.2, 0.25) is 5.02 Å². The van der Waals surface area contributed by atoms with Gasteiger partial charge < -0.3 is 4.57 Å². The molecule has 0 aliphatic rings.